The fourth-order valence-electron chi connectivity index (χ4n) is 2.70. The first-order valence-corrected chi connectivity index (χ1v) is 8.31. The van der Waals surface area contributed by atoms with Crippen LogP contribution in [0.3, 0.4) is 0 Å². The number of aromatic nitrogens is 2. The molecular weight excluding hydrogens is 276 g/mol. The molecule has 0 saturated carbocycles. The Labute approximate surface area is 122 Å². The Hall–Kier alpha value is -0.940. The number of hydrogen-bond acceptors (Lipinski definition) is 3. The molecular formula is C14H18N2OS2. The lowest BCUT2D eigenvalue weighted by atomic mass is 10.1. The third-order valence-corrected chi connectivity index (χ3v) is 4.92. The predicted octanol–water partition coefficient (Wildman–Crippen LogP) is 4.17. The van der Waals surface area contributed by atoms with Crippen molar-refractivity contribution in [3.05, 3.63) is 23.0 Å². The molecule has 1 aliphatic heterocycles. The summed E-state index contributed by atoms with van der Waals surface area (Å²) in [7, 11) is 0. The van der Waals surface area contributed by atoms with Gasteiger partial charge in [-0.05, 0) is 55.6 Å². The molecule has 0 radical (unpaired) electrons. The third kappa shape index (κ3) is 2.41. The van der Waals surface area contributed by atoms with E-state index >= 15 is 0 Å². The molecule has 0 bridgehead atoms. The van der Waals surface area contributed by atoms with Gasteiger partial charge in [-0.1, -0.05) is 6.07 Å². The van der Waals surface area contributed by atoms with Crippen molar-refractivity contribution in [3.8, 4) is 5.75 Å². The van der Waals surface area contributed by atoms with Crippen LogP contribution < -0.4 is 4.74 Å². The summed E-state index contributed by atoms with van der Waals surface area (Å²) in [6, 6.07) is 6.70. The van der Waals surface area contributed by atoms with Gasteiger partial charge < -0.3 is 14.3 Å². The average molecular weight is 294 g/mol. The molecule has 1 aromatic carbocycles. The second-order valence-electron chi connectivity index (χ2n) is 4.73. The first-order valence-electron chi connectivity index (χ1n) is 6.75. The predicted molar refractivity (Wildman–Crippen MR) is 83.9 cm³/mol. The van der Waals surface area contributed by atoms with E-state index in [-0.39, 0.29) is 0 Å². The molecule has 2 aromatic rings. The molecule has 0 amide bonds. The molecule has 0 unspecified atom stereocenters. The Balaban J connectivity index is 2.11. The Morgan fingerprint density at radius 1 is 1.42 bits per heavy atom. The van der Waals surface area contributed by atoms with Crippen molar-refractivity contribution in [1.82, 2.24) is 9.55 Å². The van der Waals surface area contributed by atoms with E-state index in [0.29, 0.717) is 12.6 Å². The highest BCUT2D eigenvalue weighted by Crippen LogP contribution is 2.33. The van der Waals surface area contributed by atoms with E-state index in [2.05, 4.69) is 15.6 Å². The fourth-order valence-corrected chi connectivity index (χ4v) is 4.14. The number of nitrogens with one attached hydrogen (secondary N) is 1. The quantitative estimate of drug-likeness (QED) is 0.862. The number of nitrogens with zero attached hydrogens (tertiary/aromatic N) is 1. The van der Waals surface area contributed by atoms with Gasteiger partial charge in [0.1, 0.15) is 11.3 Å². The Kier molecular flexibility index (Phi) is 3.84. The van der Waals surface area contributed by atoms with Crippen LogP contribution in [0.1, 0.15) is 25.8 Å². The van der Waals surface area contributed by atoms with Gasteiger partial charge in [-0.25, -0.2) is 0 Å². The zero-order valence-electron chi connectivity index (χ0n) is 11.0. The highest BCUT2D eigenvalue weighted by Gasteiger charge is 2.19. The molecule has 1 saturated heterocycles. The minimum Gasteiger partial charge on any atom is -0.492 e. The maximum atomic E-state index is 5.68. The van der Waals surface area contributed by atoms with Gasteiger partial charge >= 0.3 is 0 Å². The third-order valence-electron chi connectivity index (χ3n) is 3.57. The van der Waals surface area contributed by atoms with E-state index in [9.17, 15) is 0 Å². The van der Waals surface area contributed by atoms with Crippen LogP contribution in [0.15, 0.2) is 18.2 Å². The number of para-hydroxylation sites is 1. The molecule has 0 aliphatic carbocycles. The van der Waals surface area contributed by atoms with Gasteiger partial charge in [0.2, 0.25) is 0 Å². The minimum atomic E-state index is 0.527. The van der Waals surface area contributed by atoms with E-state index in [0.717, 1.165) is 16.0 Å². The van der Waals surface area contributed by atoms with Gasteiger partial charge in [-0.2, -0.15) is 11.8 Å². The number of fused-ring (bicyclic) bond motifs is 1. The Bertz CT molecular complexity index is 626. The number of H-pyrrole nitrogens is 1. The van der Waals surface area contributed by atoms with Gasteiger partial charge in [-0.15, -0.1) is 0 Å². The number of benzene rings is 1. The number of thioether (sulfide) groups is 1. The van der Waals surface area contributed by atoms with E-state index in [1.54, 1.807) is 0 Å². The summed E-state index contributed by atoms with van der Waals surface area (Å²) < 4.78 is 8.78. The number of aromatic amines is 1. The van der Waals surface area contributed by atoms with E-state index < -0.39 is 0 Å². The van der Waals surface area contributed by atoms with Gasteiger partial charge in [0.25, 0.3) is 0 Å². The summed E-state index contributed by atoms with van der Waals surface area (Å²) in [5, 5.41) is 0. The zero-order chi connectivity index (χ0) is 13.2. The van der Waals surface area contributed by atoms with Crippen LogP contribution in [-0.2, 0) is 0 Å². The molecule has 2 heterocycles. The molecule has 3 rings (SSSR count). The van der Waals surface area contributed by atoms with Crippen molar-refractivity contribution in [2.45, 2.75) is 25.8 Å². The maximum Gasteiger partial charge on any atom is 0.178 e. The lowest BCUT2D eigenvalue weighted by Gasteiger charge is -2.23. The molecule has 0 spiro atoms. The largest absolute Gasteiger partial charge is 0.492 e. The number of hydrogen-bond donors (Lipinski definition) is 1. The number of rotatable bonds is 3. The van der Waals surface area contributed by atoms with Crippen LogP contribution in [0.5, 0.6) is 5.75 Å². The van der Waals surface area contributed by atoms with Gasteiger partial charge in [-0.3, -0.25) is 0 Å². The molecule has 19 heavy (non-hydrogen) atoms. The summed E-state index contributed by atoms with van der Waals surface area (Å²) in [6.45, 7) is 2.67. The lowest BCUT2D eigenvalue weighted by Crippen LogP contribution is -2.15. The van der Waals surface area contributed by atoms with Crippen molar-refractivity contribution in [2.24, 2.45) is 0 Å². The lowest BCUT2D eigenvalue weighted by molar-refractivity contribution is 0.343. The van der Waals surface area contributed by atoms with Crippen molar-refractivity contribution in [1.29, 1.82) is 0 Å². The summed E-state index contributed by atoms with van der Waals surface area (Å²) in [6.07, 6.45) is 2.40. The molecule has 1 aliphatic rings. The normalized spacial score (nSPS) is 16.9. The highest BCUT2D eigenvalue weighted by atomic mass is 32.2. The average Bonchev–Trinajstić information content (AvgIpc) is 2.77. The first-order chi connectivity index (χ1) is 9.31. The van der Waals surface area contributed by atoms with Crippen molar-refractivity contribution >= 4 is 35.0 Å². The van der Waals surface area contributed by atoms with Crippen LogP contribution in [0.4, 0.5) is 0 Å². The van der Waals surface area contributed by atoms with Crippen molar-refractivity contribution in [2.75, 3.05) is 18.1 Å². The van der Waals surface area contributed by atoms with E-state index in [1.807, 2.05) is 30.8 Å². The number of ether oxygens (including phenoxy) is 1. The van der Waals surface area contributed by atoms with Gasteiger partial charge in [0, 0.05) is 6.04 Å². The topological polar surface area (TPSA) is 29.9 Å². The highest BCUT2D eigenvalue weighted by molar-refractivity contribution is 7.99. The molecule has 5 heteroatoms. The Morgan fingerprint density at radius 3 is 2.95 bits per heavy atom. The van der Waals surface area contributed by atoms with E-state index in [4.69, 9.17) is 17.0 Å². The van der Waals surface area contributed by atoms with Crippen molar-refractivity contribution < 1.29 is 4.74 Å². The smallest absolute Gasteiger partial charge is 0.178 e. The molecule has 1 N–H and O–H groups in total. The summed E-state index contributed by atoms with van der Waals surface area (Å²) in [5.41, 5.74) is 2.21. The van der Waals surface area contributed by atoms with Crippen LogP contribution in [0.25, 0.3) is 11.0 Å². The second-order valence-corrected chi connectivity index (χ2v) is 6.34. The Morgan fingerprint density at radius 2 is 2.21 bits per heavy atom. The standard InChI is InChI=1S/C14H18N2OS2/c1-2-17-12-5-3-4-11-13(12)15-14(18)16(11)10-6-8-19-9-7-10/h3-5,10H,2,6-9H2,1H3,(H,15,18). The van der Waals surface area contributed by atoms with Gasteiger partial charge in [0.15, 0.2) is 4.77 Å². The SMILES string of the molecule is CCOc1cccc2c1[nH]c(=S)n2C1CCSCC1. The van der Waals surface area contributed by atoms with Gasteiger partial charge in [0.05, 0.1) is 12.1 Å². The van der Waals surface area contributed by atoms with Crippen LogP contribution >= 0.6 is 24.0 Å². The van der Waals surface area contributed by atoms with Crippen molar-refractivity contribution in [3.63, 3.8) is 0 Å². The molecule has 0 atom stereocenters. The summed E-state index contributed by atoms with van der Waals surface area (Å²) in [5.74, 6) is 3.35. The summed E-state index contributed by atoms with van der Waals surface area (Å²) in [4.78, 5) is 3.32. The molecule has 1 aromatic heterocycles. The van der Waals surface area contributed by atoms with Crippen LogP contribution in [0.2, 0.25) is 0 Å². The van der Waals surface area contributed by atoms with E-state index in [1.165, 1.54) is 29.9 Å². The van der Waals surface area contributed by atoms with Crippen LogP contribution in [0, 0.1) is 4.77 Å². The minimum absolute atomic E-state index is 0.527. The second kappa shape index (κ2) is 5.59. The zero-order valence-corrected chi connectivity index (χ0v) is 12.6. The fraction of sp³-hybridized carbons (Fsp3) is 0.500. The first kappa shape index (κ1) is 13.1. The molecule has 3 nitrogen and oxygen atoms in total. The number of imidazole rings is 1. The monoisotopic (exact) mass is 294 g/mol. The maximum absolute atomic E-state index is 5.68. The molecule has 102 valence electrons. The van der Waals surface area contributed by atoms with Crippen LogP contribution in [-0.4, -0.2) is 27.7 Å². The summed E-state index contributed by atoms with van der Waals surface area (Å²) >= 11 is 7.56. The molecule has 1 fully saturated rings.